The lowest BCUT2D eigenvalue weighted by Crippen LogP contribution is -2.21. The summed E-state index contributed by atoms with van der Waals surface area (Å²) < 4.78 is 0. The van der Waals surface area contributed by atoms with Gasteiger partial charge in [-0.05, 0) is 61.9 Å². The quantitative estimate of drug-likeness (QED) is 0.855. The van der Waals surface area contributed by atoms with E-state index in [1.54, 1.807) is 0 Å². The maximum absolute atomic E-state index is 8.90. The van der Waals surface area contributed by atoms with Crippen molar-refractivity contribution in [3.8, 4) is 6.07 Å². The highest BCUT2D eigenvalue weighted by Crippen LogP contribution is 2.29. The van der Waals surface area contributed by atoms with Crippen LogP contribution >= 0.6 is 0 Å². The second-order valence-electron chi connectivity index (χ2n) is 5.97. The largest absolute Gasteiger partial charge is 0.356 e. The highest BCUT2D eigenvalue weighted by molar-refractivity contribution is 5.85. The second-order valence-corrected chi connectivity index (χ2v) is 5.97. The van der Waals surface area contributed by atoms with Crippen LogP contribution in [-0.4, -0.2) is 18.1 Å². The average Bonchev–Trinajstić information content (AvgIpc) is 2.98. The van der Waals surface area contributed by atoms with E-state index in [0.717, 1.165) is 30.8 Å². The standard InChI is InChI=1S/C18H21N3/c1-13-10-14(2)16-12-15(6-5-7-19)18(20-17(16)11-13)21-8-3-4-9-21/h10-12H,3-6,8-9H2,1-2H3. The number of aryl methyl sites for hydroxylation is 3. The van der Waals surface area contributed by atoms with Crippen molar-refractivity contribution >= 4 is 16.7 Å². The van der Waals surface area contributed by atoms with E-state index in [9.17, 15) is 0 Å². The van der Waals surface area contributed by atoms with E-state index >= 15 is 0 Å². The van der Waals surface area contributed by atoms with Gasteiger partial charge in [0.25, 0.3) is 0 Å². The second kappa shape index (κ2) is 5.73. The van der Waals surface area contributed by atoms with E-state index in [1.165, 1.54) is 34.9 Å². The van der Waals surface area contributed by atoms with Crippen LogP contribution in [0.3, 0.4) is 0 Å². The molecular formula is C18H21N3. The van der Waals surface area contributed by atoms with Crippen LogP contribution in [0.4, 0.5) is 5.82 Å². The first-order chi connectivity index (χ1) is 10.2. The third kappa shape index (κ3) is 2.71. The molecule has 0 amide bonds. The zero-order valence-electron chi connectivity index (χ0n) is 12.8. The SMILES string of the molecule is Cc1cc(C)c2cc(CCC#N)c(N3CCCC3)nc2c1. The minimum absolute atomic E-state index is 0.554. The van der Waals surface area contributed by atoms with E-state index in [-0.39, 0.29) is 0 Å². The van der Waals surface area contributed by atoms with E-state index in [1.807, 2.05) is 0 Å². The Kier molecular flexibility index (Phi) is 3.79. The molecule has 0 saturated carbocycles. The first-order valence-corrected chi connectivity index (χ1v) is 7.72. The highest BCUT2D eigenvalue weighted by atomic mass is 15.2. The average molecular weight is 279 g/mol. The van der Waals surface area contributed by atoms with Crippen LogP contribution in [0.1, 0.15) is 36.0 Å². The van der Waals surface area contributed by atoms with Crippen LogP contribution in [0, 0.1) is 25.2 Å². The summed E-state index contributed by atoms with van der Waals surface area (Å²) in [5.74, 6) is 1.10. The summed E-state index contributed by atoms with van der Waals surface area (Å²) >= 11 is 0. The zero-order chi connectivity index (χ0) is 14.8. The Morgan fingerprint density at radius 1 is 1.19 bits per heavy atom. The lowest BCUT2D eigenvalue weighted by atomic mass is 10.0. The number of benzene rings is 1. The van der Waals surface area contributed by atoms with Crippen molar-refractivity contribution in [1.82, 2.24) is 4.98 Å². The van der Waals surface area contributed by atoms with Gasteiger partial charge in [-0.25, -0.2) is 4.98 Å². The van der Waals surface area contributed by atoms with E-state index in [4.69, 9.17) is 10.2 Å². The molecular weight excluding hydrogens is 258 g/mol. The van der Waals surface area contributed by atoms with Gasteiger partial charge in [0.1, 0.15) is 5.82 Å². The molecule has 2 heterocycles. The maximum atomic E-state index is 8.90. The molecule has 2 aromatic rings. The van der Waals surface area contributed by atoms with Crippen LogP contribution in [0.5, 0.6) is 0 Å². The zero-order valence-corrected chi connectivity index (χ0v) is 12.8. The third-order valence-electron chi connectivity index (χ3n) is 4.25. The molecule has 1 aliphatic heterocycles. The topological polar surface area (TPSA) is 39.9 Å². The summed E-state index contributed by atoms with van der Waals surface area (Å²) in [6.07, 6.45) is 3.83. The summed E-state index contributed by atoms with van der Waals surface area (Å²) in [5.41, 5.74) is 4.82. The van der Waals surface area contributed by atoms with E-state index < -0.39 is 0 Å². The fourth-order valence-corrected chi connectivity index (χ4v) is 3.24. The molecule has 1 saturated heterocycles. The molecule has 0 spiro atoms. The fourth-order valence-electron chi connectivity index (χ4n) is 3.24. The predicted molar refractivity (Wildman–Crippen MR) is 86.6 cm³/mol. The lowest BCUT2D eigenvalue weighted by Gasteiger charge is -2.21. The summed E-state index contributed by atoms with van der Waals surface area (Å²) in [6, 6.07) is 8.88. The van der Waals surface area contributed by atoms with Crippen LogP contribution in [0.15, 0.2) is 18.2 Å². The number of hydrogen-bond acceptors (Lipinski definition) is 3. The summed E-state index contributed by atoms with van der Waals surface area (Å²) in [5, 5.41) is 10.1. The number of pyridine rings is 1. The minimum atomic E-state index is 0.554. The summed E-state index contributed by atoms with van der Waals surface area (Å²) in [6.45, 7) is 6.43. The number of aromatic nitrogens is 1. The first kappa shape index (κ1) is 13.9. The van der Waals surface area contributed by atoms with Gasteiger partial charge in [0.2, 0.25) is 0 Å². The van der Waals surface area contributed by atoms with Gasteiger partial charge >= 0.3 is 0 Å². The van der Waals surface area contributed by atoms with Crippen LogP contribution in [0.2, 0.25) is 0 Å². The Morgan fingerprint density at radius 3 is 2.67 bits per heavy atom. The van der Waals surface area contributed by atoms with E-state index in [0.29, 0.717) is 6.42 Å². The highest BCUT2D eigenvalue weighted by Gasteiger charge is 2.18. The normalized spacial score (nSPS) is 14.6. The van der Waals surface area contributed by atoms with Crippen molar-refractivity contribution in [3.05, 3.63) is 34.9 Å². The first-order valence-electron chi connectivity index (χ1n) is 7.72. The minimum Gasteiger partial charge on any atom is -0.356 e. The number of nitriles is 1. The summed E-state index contributed by atoms with van der Waals surface area (Å²) in [7, 11) is 0. The number of fused-ring (bicyclic) bond motifs is 1. The number of anilines is 1. The molecule has 21 heavy (non-hydrogen) atoms. The number of nitrogens with zero attached hydrogens (tertiary/aromatic N) is 3. The van der Waals surface area contributed by atoms with Crippen molar-refractivity contribution in [2.24, 2.45) is 0 Å². The molecule has 1 fully saturated rings. The summed E-state index contributed by atoms with van der Waals surface area (Å²) in [4.78, 5) is 7.33. The van der Waals surface area contributed by atoms with Gasteiger partial charge in [-0.15, -0.1) is 0 Å². The van der Waals surface area contributed by atoms with Gasteiger partial charge in [-0.3, -0.25) is 0 Å². The maximum Gasteiger partial charge on any atom is 0.132 e. The van der Waals surface area contributed by atoms with Gasteiger partial charge in [-0.2, -0.15) is 5.26 Å². The molecule has 0 radical (unpaired) electrons. The third-order valence-corrected chi connectivity index (χ3v) is 4.25. The molecule has 0 N–H and O–H groups in total. The molecule has 0 bridgehead atoms. The molecule has 0 atom stereocenters. The molecule has 1 aliphatic rings. The Morgan fingerprint density at radius 2 is 1.95 bits per heavy atom. The van der Waals surface area contributed by atoms with Crippen LogP contribution in [-0.2, 0) is 6.42 Å². The van der Waals surface area contributed by atoms with Crippen molar-refractivity contribution in [3.63, 3.8) is 0 Å². The van der Waals surface area contributed by atoms with Crippen molar-refractivity contribution < 1.29 is 0 Å². The molecule has 3 nitrogen and oxygen atoms in total. The molecule has 0 aliphatic carbocycles. The fraction of sp³-hybridized carbons (Fsp3) is 0.444. The van der Waals surface area contributed by atoms with Gasteiger partial charge in [-0.1, -0.05) is 6.07 Å². The van der Waals surface area contributed by atoms with E-state index in [2.05, 4.69) is 43.0 Å². The van der Waals surface area contributed by atoms with Crippen molar-refractivity contribution in [2.75, 3.05) is 18.0 Å². The lowest BCUT2D eigenvalue weighted by molar-refractivity contribution is 0.906. The Balaban J connectivity index is 2.15. The smallest absolute Gasteiger partial charge is 0.132 e. The Labute approximate surface area is 126 Å². The number of hydrogen-bond donors (Lipinski definition) is 0. The van der Waals surface area contributed by atoms with Gasteiger partial charge < -0.3 is 4.90 Å². The van der Waals surface area contributed by atoms with Crippen LogP contribution in [0.25, 0.3) is 10.9 Å². The molecule has 3 heteroatoms. The molecule has 0 unspecified atom stereocenters. The van der Waals surface area contributed by atoms with Crippen LogP contribution < -0.4 is 4.90 Å². The van der Waals surface area contributed by atoms with Gasteiger partial charge in [0.15, 0.2) is 0 Å². The van der Waals surface area contributed by atoms with Crippen molar-refractivity contribution in [1.29, 1.82) is 5.26 Å². The number of rotatable bonds is 3. The molecule has 1 aromatic carbocycles. The van der Waals surface area contributed by atoms with Gasteiger partial charge in [0, 0.05) is 24.9 Å². The predicted octanol–water partition coefficient (Wildman–Crippen LogP) is 3.91. The molecule has 108 valence electrons. The monoisotopic (exact) mass is 279 g/mol. The molecule has 1 aromatic heterocycles. The molecule has 3 rings (SSSR count). The van der Waals surface area contributed by atoms with Gasteiger partial charge in [0.05, 0.1) is 11.6 Å². The Bertz CT molecular complexity index is 706. The van der Waals surface area contributed by atoms with Crippen molar-refractivity contribution in [2.45, 2.75) is 39.5 Å². The Hall–Kier alpha value is -2.08.